The Kier molecular flexibility index (Phi) is 3.90. The molecule has 82 valence electrons. The molecular formula is C9H7Cl2FO3. The van der Waals surface area contributed by atoms with E-state index in [1.54, 1.807) is 0 Å². The lowest BCUT2D eigenvalue weighted by Gasteiger charge is -2.11. The van der Waals surface area contributed by atoms with E-state index in [0.717, 1.165) is 7.11 Å². The molecule has 1 atom stereocenters. The van der Waals surface area contributed by atoms with Crippen LogP contribution in [0.25, 0.3) is 0 Å². The van der Waals surface area contributed by atoms with Crippen LogP contribution in [0, 0.1) is 5.82 Å². The summed E-state index contributed by atoms with van der Waals surface area (Å²) in [6.07, 6.45) is -1.78. The molecule has 3 nitrogen and oxygen atoms in total. The van der Waals surface area contributed by atoms with Crippen molar-refractivity contribution in [3.8, 4) is 0 Å². The molecular weight excluding hydrogens is 246 g/mol. The number of carbonyl (C=O) groups is 1. The van der Waals surface area contributed by atoms with E-state index in [0.29, 0.717) is 0 Å². The SMILES string of the molecule is COC(=O)C(O)c1c(Cl)ccc(Cl)c1F. The first-order valence-electron chi connectivity index (χ1n) is 3.88. The van der Waals surface area contributed by atoms with Crippen molar-refractivity contribution in [1.29, 1.82) is 0 Å². The fourth-order valence-electron chi connectivity index (χ4n) is 1.02. The Bertz CT molecular complexity index is 395. The molecule has 1 rings (SSSR count). The molecule has 1 aromatic rings. The minimum Gasteiger partial charge on any atom is -0.467 e. The Balaban J connectivity index is 3.24. The number of aliphatic hydroxyl groups is 1. The maximum absolute atomic E-state index is 13.4. The molecule has 0 heterocycles. The van der Waals surface area contributed by atoms with E-state index in [2.05, 4.69) is 4.74 Å². The van der Waals surface area contributed by atoms with Gasteiger partial charge in [-0.3, -0.25) is 0 Å². The number of hydrogen-bond acceptors (Lipinski definition) is 3. The molecule has 0 fully saturated rings. The van der Waals surface area contributed by atoms with Gasteiger partial charge in [0.2, 0.25) is 0 Å². The number of aliphatic hydroxyl groups excluding tert-OH is 1. The topological polar surface area (TPSA) is 46.5 Å². The van der Waals surface area contributed by atoms with E-state index in [1.165, 1.54) is 12.1 Å². The predicted octanol–water partition coefficient (Wildman–Crippen LogP) is 2.34. The van der Waals surface area contributed by atoms with Gasteiger partial charge in [-0.25, -0.2) is 9.18 Å². The van der Waals surface area contributed by atoms with Crippen LogP contribution in [-0.4, -0.2) is 18.2 Å². The van der Waals surface area contributed by atoms with E-state index in [1.807, 2.05) is 0 Å². The van der Waals surface area contributed by atoms with Crippen LogP contribution in [0.5, 0.6) is 0 Å². The van der Waals surface area contributed by atoms with Crippen molar-refractivity contribution in [2.24, 2.45) is 0 Å². The van der Waals surface area contributed by atoms with E-state index < -0.39 is 17.9 Å². The second-order valence-corrected chi connectivity index (χ2v) is 3.50. The average Bonchev–Trinajstić information content (AvgIpc) is 2.22. The van der Waals surface area contributed by atoms with Crippen molar-refractivity contribution in [2.45, 2.75) is 6.10 Å². The Morgan fingerprint density at radius 2 is 2.00 bits per heavy atom. The number of ether oxygens (including phenoxy) is 1. The molecule has 1 aromatic carbocycles. The van der Waals surface area contributed by atoms with Gasteiger partial charge in [0, 0.05) is 5.56 Å². The lowest BCUT2D eigenvalue weighted by atomic mass is 10.1. The number of halogens is 3. The van der Waals surface area contributed by atoms with Crippen molar-refractivity contribution >= 4 is 29.2 Å². The van der Waals surface area contributed by atoms with Gasteiger partial charge in [0.05, 0.1) is 17.2 Å². The van der Waals surface area contributed by atoms with Crippen molar-refractivity contribution in [3.63, 3.8) is 0 Å². The van der Waals surface area contributed by atoms with Gasteiger partial charge in [0.15, 0.2) is 6.10 Å². The fraction of sp³-hybridized carbons (Fsp3) is 0.222. The first-order valence-corrected chi connectivity index (χ1v) is 4.64. The maximum atomic E-state index is 13.4. The first kappa shape index (κ1) is 12.2. The van der Waals surface area contributed by atoms with Crippen LogP contribution in [0.3, 0.4) is 0 Å². The van der Waals surface area contributed by atoms with Crippen molar-refractivity contribution in [1.82, 2.24) is 0 Å². The summed E-state index contributed by atoms with van der Waals surface area (Å²) in [6, 6.07) is 2.52. The third-order valence-corrected chi connectivity index (χ3v) is 2.40. The zero-order chi connectivity index (χ0) is 11.6. The normalized spacial score (nSPS) is 12.3. The second-order valence-electron chi connectivity index (χ2n) is 2.68. The van der Waals surface area contributed by atoms with Gasteiger partial charge in [0.25, 0.3) is 0 Å². The monoisotopic (exact) mass is 252 g/mol. The van der Waals surface area contributed by atoms with Crippen LogP contribution in [0.2, 0.25) is 10.0 Å². The summed E-state index contributed by atoms with van der Waals surface area (Å²) in [6.45, 7) is 0. The molecule has 6 heteroatoms. The van der Waals surface area contributed by atoms with Crippen LogP contribution in [0.1, 0.15) is 11.7 Å². The highest BCUT2D eigenvalue weighted by atomic mass is 35.5. The summed E-state index contributed by atoms with van der Waals surface area (Å²) in [5.41, 5.74) is -0.379. The average molecular weight is 253 g/mol. The van der Waals surface area contributed by atoms with Crippen LogP contribution < -0.4 is 0 Å². The summed E-state index contributed by atoms with van der Waals surface area (Å²) in [4.78, 5) is 11.0. The van der Waals surface area contributed by atoms with Crippen LogP contribution >= 0.6 is 23.2 Å². The van der Waals surface area contributed by atoms with Gasteiger partial charge in [-0.1, -0.05) is 23.2 Å². The molecule has 0 saturated carbocycles. The second kappa shape index (κ2) is 4.79. The predicted molar refractivity (Wildman–Crippen MR) is 53.4 cm³/mol. The molecule has 0 aliphatic rings. The minimum atomic E-state index is -1.78. The zero-order valence-electron chi connectivity index (χ0n) is 7.63. The Morgan fingerprint density at radius 1 is 1.47 bits per heavy atom. The van der Waals surface area contributed by atoms with Gasteiger partial charge in [-0.05, 0) is 12.1 Å². The van der Waals surface area contributed by atoms with Crippen molar-refractivity contribution in [2.75, 3.05) is 7.11 Å². The molecule has 1 unspecified atom stereocenters. The molecule has 0 spiro atoms. The molecule has 0 bridgehead atoms. The number of rotatable bonds is 2. The molecule has 0 aliphatic carbocycles. The van der Waals surface area contributed by atoms with Gasteiger partial charge >= 0.3 is 5.97 Å². The van der Waals surface area contributed by atoms with E-state index in [9.17, 15) is 14.3 Å². The van der Waals surface area contributed by atoms with Gasteiger partial charge in [-0.15, -0.1) is 0 Å². The molecule has 0 amide bonds. The Labute approximate surface area is 95.4 Å². The summed E-state index contributed by atoms with van der Waals surface area (Å²) in [7, 11) is 1.07. The number of carbonyl (C=O) groups excluding carboxylic acids is 1. The standard InChI is InChI=1S/C9H7Cl2FO3/c1-15-9(14)8(13)6-4(10)2-3-5(11)7(6)12/h2-3,8,13H,1H3. The third-order valence-electron chi connectivity index (χ3n) is 1.78. The van der Waals surface area contributed by atoms with E-state index in [-0.39, 0.29) is 15.6 Å². The molecule has 0 aliphatic heterocycles. The number of esters is 1. The summed E-state index contributed by atoms with van der Waals surface area (Å²) >= 11 is 11.1. The molecule has 0 aromatic heterocycles. The molecule has 0 radical (unpaired) electrons. The highest BCUT2D eigenvalue weighted by molar-refractivity contribution is 6.33. The van der Waals surface area contributed by atoms with Gasteiger partial charge in [0.1, 0.15) is 5.82 Å². The van der Waals surface area contributed by atoms with Gasteiger partial charge in [-0.2, -0.15) is 0 Å². The van der Waals surface area contributed by atoms with Gasteiger partial charge < -0.3 is 9.84 Å². The highest BCUT2D eigenvalue weighted by Crippen LogP contribution is 2.30. The van der Waals surface area contributed by atoms with E-state index >= 15 is 0 Å². The van der Waals surface area contributed by atoms with Crippen LogP contribution in [0.4, 0.5) is 4.39 Å². The largest absolute Gasteiger partial charge is 0.467 e. The van der Waals surface area contributed by atoms with Crippen LogP contribution in [-0.2, 0) is 9.53 Å². The zero-order valence-corrected chi connectivity index (χ0v) is 9.14. The maximum Gasteiger partial charge on any atom is 0.339 e. The quantitative estimate of drug-likeness (QED) is 0.650. The van der Waals surface area contributed by atoms with Crippen LogP contribution in [0.15, 0.2) is 12.1 Å². The summed E-state index contributed by atoms with van der Waals surface area (Å²) in [5, 5.41) is 9.10. The van der Waals surface area contributed by atoms with Crippen molar-refractivity contribution < 1.29 is 19.0 Å². The first-order chi connectivity index (χ1) is 6.99. The number of methoxy groups -OCH3 is 1. The number of hydrogen-bond donors (Lipinski definition) is 1. The lowest BCUT2D eigenvalue weighted by molar-refractivity contribution is -0.150. The summed E-state index contributed by atoms with van der Waals surface area (Å²) in [5.74, 6) is -1.93. The highest BCUT2D eigenvalue weighted by Gasteiger charge is 2.25. The summed E-state index contributed by atoms with van der Waals surface area (Å²) < 4.78 is 17.7. The molecule has 1 N–H and O–H groups in total. The number of benzene rings is 1. The molecule has 15 heavy (non-hydrogen) atoms. The Hall–Kier alpha value is -0.840. The molecule has 0 saturated heterocycles. The minimum absolute atomic E-state index is 0.0881. The fourth-order valence-corrected chi connectivity index (χ4v) is 1.44. The Morgan fingerprint density at radius 3 is 2.53 bits per heavy atom. The smallest absolute Gasteiger partial charge is 0.339 e. The lowest BCUT2D eigenvalue weighted by Crippen LogP contribution is -2.15. The van der Waals surface area contributed by atoms with E-state index in [4.69, 9.17) is 23.2 Å². The van der Waals surface area contributed by atoms with Crippen molar-refractivity contribution in [3.05, 3.63) is 33.6 Å². The third kappa shape index (κ3) is 2.40.